The summed E-state index contributed by atoms with van der Waals surface area (Å²) in [6.45, 7) is 6.01. The zero-order valence-corrected chi connectivity index (χ0v) is 13.0. The van der Waals surface area contributed by atoms with E-state index in [0.717, 1.165) is 22.0 Å². The quantitative estimate of drug-likeness (QED) is 0.607. The van der Waals surface area contributed by atoms with Crippen molar-refractivity contribution >= 4 is 10.9 Å². The SMILES string of the molecule is CCC.Cc1ccc(-c2ccc3cn(C)nc3c2)cc1F. The van der Waals surface area contributed by atoms with E-state index >= 15 is 0 Å². The Balaban J connectivity index is 0.000000497. The van der Waals surface area contributed by atoms with Crippen LogP contribution in [0.1, 0.15) is 25.8 Å². The van der Waals surface area contributed by atoms with Crippen molar-refractivity contribution in [2.24, 2.45) is 7.05 Å². The monoisotopic (exact) mass is 284 g/mol. The van der Waals surface area contributed by atoms with Crippen molar-refractivity contribution in [2.45, 2.75) is 27.2 Å². The van der Waals surface area contributed by atoms with Crippen molar-refractivity contribution < 1.29 is 4.39 Å². The molecule has 0 spiro atoms. The van der Waals surface area contributed by atoms with Crippen molar-refractivity contribution in [1.82, 2.24) is 9.78 Å². The lowest BCUT2D eigenvalue weighted by atomic mass is 10.0. The lowest BCUT2D eigenvalue weighted by molar-refractivity contribution is 0.619. The van der Waals surface area contributed by atoms with E-state index in [2.05, 4.69) is 18.9 Å². The molecule has 0 atom stereocenters. The summed E-state index contributed by atoms with van der Waals surface area (Å²) in [4.78, 5) is 0. The van der Waals surface area contributed by atoms with Gasteiger partial charge in [-0.15, -0.1) is 0 Å². The molecule has 1 aromatic heterocycles. The summed E-state index contributed by atoms with van der Waals surface area (Å²) in [5.74, 6) is -0.173. The Morgan fingerprint density at radius 1 is 1.05 bits per heavy atom. The number of rotatable bonds is 1. The summed E-state index contributed by atoms with van der Waals surface area (Å²) >= 11 is 0. The molecular formula is C18H21FN2. The van der Waals surface area contributed by atoms with Crippen molar-refractivity contribution in [3.8, 4) is 11.1 Å². The number of hydrogen-bond acceptors (Lipinski definition) is 1. The third-order valence-electron chi connectivity index (χ3n) is 3.13. The number of nitrogens with zero attached hydrogens (tertiary/aromatic N) is 2. The molecule has 0 radical (unpaired) electrons. The van der Waals surface area contributed by atoms with Gasteiger partial charge in [0.05, 0.1) is 5.52 Å². The summed E-state index contributed by atoms with van der Waals surface area (Å²) in [5, 5.41) is 5.45. The molecule has 21 heavy (non-hydrogen) atoms. The molecule has 0 bridgehead atoms. The fraction of sp³-hybridized carbons (Fsp3) is 0.278. The number of fused-ring (bicyclic) bond motifs is 1. The highest BCUT2D eigenvalue weighted by molar-refractivity contribution is 5.83. The zero-order valence-electron chi connectivity index (χ0n) is 13.0. The van der Waals surface area contributed by atoms with E-state index < -0.39 is 0 Å². The molecule has 0 N–H and O–H groups in total. The van der Waals surface area contributed by atoms with Gasteiger partial charge in [0.25, 0.3) is 0 Å². The molecule has 2 nitrogen and oxygen atoms in total. The Kier molecular flexibility index (Phi) is 4.73. The minimum atomic E-state index is -0.173. The van der Waals surface area contributed by atoms with Crippen LogP contribution in [0.3, 0.4) is 0 Å². The smallest absolute Gasteiger partial charge is 0.126 e. The molecule has 0 fully saturated rings. The van der Waals surface area contributed by atoms with Gasteiger partial charge in [-0.2, -0.15) is 5.10 Å². The molecule has 3 heteroatoms. The lowest BCUT2D eigenvalue weighted by Crippen LogP contribution is -1.86. The maximum Gasteiger partial charge on any atom is 0.126 e. The second-order valence-electron chi connectivity index (χ2n) is 5.25. The van der Waals surface area contributed by atoms with Crippen molar-refractivity contribution in [3.63, 3.8) is 0 Å². The standard InChI is InChI=1S/C15H13FN2.C3H8/c1-10-3-4-11(7-14(10)16)12-5-6-13-9-18(2)17-15(13)8-12;1-3-2/h3-9H,1-2H3;3H2,1-2H3. The van der Waals surface area contributed by atoms with Crippen LogP contribution in [0.15, 0.2) is 42.6 Å². The lowest BCUT2D eigenvalue weighted by Gasteiger charge is -2.03. The predicted octanol–water partition coefficient (Wildman–Crippen LogP) is 5.10. The maximum absolute atomic E-state index is 13.6. The highest BCUT2D eigenvalue weighted by atomic mass is 19.1. The summed E-state index contributed by atoms with van der Waals surface area (Å²) in [5.41, 5.74) is 3.46. The average Bonchev–Trinajstić information content (AvgIpc) is 2.82. The molecule has 110 valence electrons. The van der Waals surface area contributed by atoms with Crippen LogP contribution in [0.5, 0.6) is 0 Å². The summed E-state index contributed by atoms with van der Waals surface area (Å²) < 4.78 is 15.3. The molecular weight excluding hydrogens is 263 g/mol. The van der Waals surface area contributed by atoms with Gasteiger partial charge in [-0.1, -0.05) is 44.5 Å². The van der Waals surface area contributed by atoms with Crippen LogP contribution < -0.4 is 0 Å². The van der Waals surface area contributed by atoms with E-state index in [1.165, 1.54) is 6.42 Å². The Bertz CT molecular complexity index is 744. The Morgan fingerprint density at radius 3 is 2.33 bits per heavy atom. The Hall–Kier alpha value is -2.16. The molecule has 3 aromatic rings. The molecule has 3 rings (SSSR count). The van der Waals surface area contributed by atoms with Crippen LogP contribution in [0.4, 0.5) is 4.39 Å². The molecule has 0 saturated heterocycles. The fourth-order valence-corrected chi connectivity index (χ4v) is 2.09. The van der Waals surface area contributed by atoms with Crippen molar-refractivity contribution in [3.05, 3.63) is 54.0 Å². The Labute approximate surface area is 125 Å². The van der Waals surface area contributed by atoms with Gasteiger partial charge in [-0.05, 0) is 35.7 Å². The van der Waals surface area contributed by atoms with Crippen LogP contribution in [0, 0.1) is 12.7 Å². The molecule has 0 aliphatic heterocycles. The molecule has 0 unspecified atom stereocenters. The van der Waals surface area contributed by atoms with Gasteiger partial charge in [0.1, 0.15) is 5.82 Å². The van der Waals surface area contributed by atoms with E-state index in [4.69, 9.17) is 0 Å². The zero-order chi connectivity index (χ0) is 15.4. The van der Waals surface area contributed by atoms with Crippen LogP contribution in [0.2, 0.25) is 0 Å². The van der Waals surface area contributed by atoms with Crippen LogP contribution in [-0.4, -0.2) is 9.78 Å². The second-order valence-corrected chi connectivity index (χ2v) is 5.25. The van der Waals surface area contributed by atoms with Crippen LogP contribution in [-0.2, 0) is 7.05 Å². The van der Waals surface area contributed by atoms with E-state index in [-0.39, 0.29) is 5.82 Å². The van der Waals surface area contributed by atoms with Gasteiger partial charge in [-0.3, -0.25) is 4.68 Å². The third kappa shape index (κ3) is 3.48. The normalized spacial score (nSPS) is 10.3. The third-order valence-corrected chi connectivity index (χ3v) is 3.13. The van der Waals surface area contributed by atoms with Crippen molar-refractivity contribution in [2.75, 3.05) is 0 Å². The minimum absolute atomic E-state index is 0.173. The highest BCUT2D eigenvalue weighted by Crippen LogP contribution is 2.25. The molecule has 0 aliphatic carbocycles. The summed E-state index contributed by atoms with van der Waals surface area (Å²) in [6, 6.07) is 11.3. The van der Waals surface area contributed by atoms with Gasteiger partial charge in [-0.25, -0.2) is 4.39 Å². The first-order valence-electron chi connectivity index (χ1n) is 7.25. The summed E-state index contributed by atoms with van der Waals surface area (Å²) in [7, 11) is 1.89. The van der Waals surface area contributed by atoms with Crippen molar-refractivity contribution in [1.29, 1.82) is 0 Å². The topological polar surface area (TPSA) is 17.8 Å². The van der Waals surface area contributed by atoms with Crippen LogP contribution >= 0.6 is 0 Å². The van der Waals surface area contributed by atoms with Gasteiger partial charge in [0.15, 0.2) is 0 Å². The van der Waals surface area contributed by atoms with E-state index in [0.29, 0.717) is 5.56 Å². The number of aromatic nitrogens is 2. The van der Waals surface area contributed by atoms with Gasteiger partial charge >= 0.3 is 0 Å². The largest absolute Gasteiger partial charge is 0.275 e. The van der Waals surface area contributed by atoms with E-state index in [1.807, 2.05) is 37.5 Å². The second kappa shape index (κ2) is 6.53. The van der Waals surface area contributed by atoms with E-state index in [9.17, 15) is 4.39 Å². The fourth-order valence-electron chi connectivity index (χ4n) is 2.09. The maximum atomic E-state index is 13.6. The number of halogens is 1. The molecule has 1 heterocycles. The first-order valence-corrected chi connectivity index (χ1v) is 7.25. The number of benzene rings is 2. The van der Waals surface area contributed by atoms with Gasteiger partial charge in [0, 0.05) is 18.6 Å². The van der Waals surface area contributed by atoms with Gasteiger partial charge < -0.3 is 0 Å². The molecule has 2 aromatic carbocycles. The number of hydrogen-bond donors (Lipinski definition) is 0. The van der Waals surface area contributed by atoms with E-state index in [1.54, 1.807) is 23.7 Å². The van der Waals surface area contributed by atoms with Gasteiger partial charge in [0.2, 0.25) is 0 Å². The first-order chi connectivity index (χ1) is 10.0. The minimum Gasteiger partial charge on any atom is -0.275 e. The van der Waals surface area contributed by atoms with Crippen LogP contribution in [0.25, 0.3) is 22.0 Å². The number of aryl methyl sites for hydroxylation is 2. The summed E-state index contributed by atoms with van der Waals surface area (Å²) in [6.07, 6.45) is 3.22. The molecule has 0 amide bonds. The molecule has 0 aliphatic rings. The first kappa shape index (κ1) is 15.2. The highest BCUT2D eigenvalue weighted by Gasteiger charge is 2.04. The molecule has 0 saturated carbocycles. The predicted molar refractivity (Wildman–Crippen MR) is 86.8 cm³/mol. The average molecular weight is 284 g/mol. The Morgan fingerprint density at radius 2 is 1.67 bits per heavy atom.